The molecule has 1 aliphatic rings. The lowest BCUT2D eigenvalue weighted by Gasteiger charge is -2.23. The zero-order valence-corrected chi connectivity index (χ0v) is 13.1. The molecule has 9 heteroatoms. The molecule has 0 amide bonds. The number of nitrogens with zero attached hydrogens (tertiary/aromatic N) is 2. The maximum atomic E-state index is 12.3. The van der Waals surface area contributed by atoms with Gasteiger partial charge in [-0.05, 0) is 24.6 Å². The quantitative estimate of drug-likeness (QED) is 0.686. The van der Waals surface area contributed by atoms with E-state index in [-0.39, 0.29) is 23.8 Å². The maximum Gasteiger partial charge on any atom is 0.303 e. The second-order valence-electron chi connectivity index (χ2n) is 5.03. The summed E-state index contributed by atoms with van der Waals surface area (Å²) in [5, 5.41) is 11.5. The van der Waals surface area contributed by atoms with Crippen LogP contribution in [-0.2, 0) is 14.8 Å². The molecule has 0 spiro atoms. The maximum absolute atomic E-state index is 12.3. The summed E-state index contributed by atoms with van der Waals surface area (Å²) in [6, 6.07) is 5.05. The molecule has 1 aromatic carbocycles. The lowest BCUT2D eigenvalue weighted by atomic mass is 10.2. The van der Waals surface area contributed by atoms with Crippen molar-refractivity contribution in [2.75, 3.05) is 30.9 Å². The molecule has 120 valence electrons. The van der Waals surface area contributed by atoms with Crippen LogP contribution in [0.2, 0.25) is 0 Å². The van der Waals surface area contributed by atoms with Crippen LogP contribution in [0.3, 0.4) is 0 Å². The van der Waals surface area contributed by atoms with Crippen LogP contribution in [0.25, 0.3) is 0 Å². The van der Waals surface area contributed by atoms with Crippen LogP contribution in [0.15, 0.2) is 28.1 Å². The number of carboxylic acid groups (broad SMARTS) is 1. The first kappa shape index (κ1) is 16.1. The Morgan fingerprint density at radius 2 is 2.09 bits per heavy atom. The summed E-state index contributed by atoms with van der Waals surface area (Å²) in [7, 11) is -0.0335. The summed E-state index contributed by atoms with van der Waals surface area (Å²) >= 11 is 0. The highest BCUT2D eigenvalue weighted by Crippen LogP contribution is 2.28. The molecule has 0 fully saturated rings. The molecule has 0 aliphatic carbocycles. The van der Waals surface area contributed by atoms with Crippen molar-refractivity contribution < 1.29 is 18.3 Å². The minimum Gasteiger partial charge on any atom is -0.481 e. The Hall–Kier alpha value is -2.29. The Balaban J connectivity index is 2.20. The van der Waals surface area contributed by atoms with Gasteiger partial charge in [-0.25, -0.2) is 13.1 Å². The SMILES string of the molecule is CN(C)c1ccc2c(c1)S(=O)(=O)NC(=NCCCC(=O)O)N2. The van der Waals surface area contributed by atoms with Crippen LogP contribution >= 0.6 is 0 Å². The zero-order chi connectivity index (χ0) is 16.3. The van der Waals surface area contributed by atoms with Gasteiger partial charge in [0, 0.05) is 32.7 Å². The summed E-state index contributed by atoms with van der Waals surface area (Å²) in [6.07, 6.45) is 0.334. The second-order valence-corrected chi connectivity index (χ2v) is 6.68. The number of fused-ring (bicyclic) bond motifs is 1. The second kappa shape index (κ2) is 6.22. The molecular formula is C13H18N4O4S. The van der Waals surface area contributed by atoms with Crippen molar-refractivity contribution in [2.45, 2.75) is 17.7 Å². The average molecular weight is 326 g/mol. The van der Waals surface area contributed by atoms with E-state index in [1.54, 1.807) is 18.2 Å². The number of rotatable bonds is 5. The standard InChI is InChI=1S/C13H18N4O4S/c1-17(2)9-5-6-10-11(8-9)22(20,21)16-13(15-10)14-7-3-4-12(18)19/h5-6,8H,3-4,7H2,1-2H3,(H,18,19)(H2,14,15,16). The van der Waals surface area contributed by atoms with Crippen molar-refractivity contribution >= 4 is 33.3 Å². The van der Waals surface area contributed by atoms with Gasteiger partial charge in [0.1, 0.15) is 4.90 Å². The lowest BCUT2D eigenvalue weighted by molar-refractivity contribution is -0.137. The first-order chi connectivity index (χ1) is 10.3. The average Bonchev–Trinajstić information content (AvgIpc) is 2.42. The number of hydrogen-bond acceptors (Lipinski definition) is 5. The van der Waals surface area contributed by atoms with E-state index in [0.717, 1.165) is 5.69 Å². The molecular weight excluding hydrogens is 308 g/mol. The predicted octanol–water partition coefficient (Wildman–Crippen LogP) is 0.677. The van der Waals surface area contributed by atoms with Gasteiger partial charge in [-0.15, -0.1) is 0 Å². The molecule has 1 aromatic rings. The molecule has 0 saturated heterocycles. The van der Waals surface area contributed by atoms with Crippen molar-refractivity contribution in [3.63, 3.8) is 0 Å². The fourth-order valence-corrected chi connectivity index (χ4v) is 3.11. The van der Waals surface area contributed by atoms with Crippen LogP contribution < -0.4 is 14.9 Å². The fraction of sp³-hybridized carbons (Fsp3) is 0.385. The number of guanidine groups is 1. The topological polar surface area (TPSA) is 111 Å². The summed E-state index contributed by atoms with van der Waals surface area (Å²) in [5.41, 5.74) is 1.22. The Labute approximate surface area is 128 Å². The third-order valence-corrected chi connectivity index (χ3v) is 4.45. The van der Waals surface area contributed by atoms with Gasteiger partial charge in [-0.3, -0.25) is 9.79 Å². The number of aliphatic imine (C=N–C) groups is 1. The molecule has 3 N–H and O–H groups in total. The monoisotopic (exact) mass is 326 g/mol. The molecule has 0 unspecified atom stereocenters. The van der Waals surface area contributed by atoms with Crippen molar-refractivity contribution in [2.24, 2.45) is 4.99 Å². The molecule has 8 nitrogen and oxygen atoms in total. The molecule has 0 bridgehead atoms. The van der Waals surface area contributed by atoms with Crippen LogP contribution in [0.4, 0.5) is 11.4 Å². The molecule has 0 radical (unpaired) electrons. The number of anilines is 2. The first-order valence-corrected chi connectivity index (χ1v) is 8.15. The number of carbonyl (C=O) groups is 1. The number of carboxylic acids is 1. The summed E-state index contributed by atoms with van der Waals surface area (Å²) in [4.78, 5) is 16.4. The molecule has 22 heavy (non-hydrogen) atoms. The van der Waals surface area contributed by atoms with E-state index in [0.29, 0.717) is 12.1 Å². The molecule has 0 aromatic heterocycles. The number of sulfonamides is 1. The smallest absolute Gasteiger partial charge is 0.303 e. The minimum absolute atomic E-state index is 0.00763. The number of aliphatic carboxylic acids is 1. The summed E-state index contributed by atoms with van der Waals surface area (Å²) in [6.45, 7) is 0.224. The van der Waals surface area contributed by atoms with E-state index in [1.807, 2.05) is 19.0 Å². The van der Waals surface area contributed by atoms with Crippen LogP contribution in [-0.4, -0.2) is 46.1 Å². The molecule has 1 aliphatic heterocycles. The van der Waals surface area contributed by atoms with Gasteiger partial charge in [0.15, 0.2) is 0 Å². The third kappa shape index (κ3) is 3.67. The zero-order valence-electron chi connectivity index (χ0n) is 12.3. The largest absolute Gasteiger partial charge is 0.481 e. The highest BCUT2D eigenvalue weighted by Gasteiger charge is 2.26. The highest BCUT2D eigenvalue weighted by molar-refractivity contribution is 7.90. The van der Waals surface area contributed by atoms with E-state index in [2.05, 4.69) is 15.0 Å². The predicted molar refractivity (Wildman–Crippen MR) is 83.9 cm³/mol. The van der Waals surface area contributed by atoms with Gasteiger partial charge in [0.25, 0.3) is 10.0 Å². The van der Waals surface area contributed by atoms with Crippen molar-refractivity contribution in [3.8, 4) is 0 Å². The first-order valence-electron chi connectivity index (χ1n) is 6.67. The van der Waals surface area contributed by atoms with Gasteiger partial charge < -0.3 is 15.3 Å². The number of nitrogens with one attached hydrogen (secondary N) is 2. The lowest BCUT2D eigenvalue weighted by Crippen LogP contribution is -2.41. The van der Waals surface area contributed by atoms with E-state index < -0.39 is 16.0 Å². The van der Waals surface area contributed by atoms with Gasteiger partial charge in [-0.2, -0.15) is 0 Å². The highest BCUT2D eigenvalue weighted by atomic mass is 32.2. The van der Waals surface area contributed by atoms with E-state index in [9.17, 15) is 13.2 Å². The van der Waals surface area contributed by atoms with Crippen LogP contribution in [0.5, 0.6) is 0 Å². The minimum atomic E-state index is -3.69. The van der Waals surface area contributed by atoms with Gasteiger partial charge in [-0.1, -0.05) is 0 Å². The molecule has 1 heterocycles. The van der Waals surface area contributed by atoms with Gasteiger partial charge in [0.2, 0.25) is 5.96 Å². The Morgan fingerprint density at radius 3 is 2.73 bits per heavy atom. The Morgan fingerprint density at radius 1 is 1.36 bits per heavy atom. The molecule has 0 saturated carbocycles. The third-order valence-electron chi connectivity index (χ3n) is 3.07. The Kier molecular flexibility index (Phi) is 4.55. The summed E-state index contributed by atoms with van der Waals surface area (Å²) in [5.74, 6) is -0.797. The molecule has 2 rings (SSSR count). The number of hydrogen-bond donors (Lipinski definition) is 3. The molecule has 0 atom stereocenters. The van der Waals surface area contributed by atoms with E-state index in [4.69, 9.17) is 5.11 Å². The fourth-order valence-electron chi connectivity index (χ4n) is 1.94. The van der Waals surface area contributed by atoms with Gasteiger partial charge >= 0.3 is 5.97 Å². The van der Waals surface area contributed by atoms with E-state index >= 15 is 0 Å². The Bertz CT molecular complexity index is 713. The van der Waals surface area contributed by atoms with Crippen molar-refractivity contribution in [3.05, 3.63) is 18.2 Å². The van der Waals surface area contributed by atoms with Crippen LogP contribution in [0.1, 0.15) is 12.8 Å². The summed E-state index contributed by atoms with van der Waals surface area (Å²) < 4.78 is 26.9. The van der Waals surface area contributed by atoms with Crippen LogP contribution in [0, 0.1) is 0 Å². The van der Waals surface area contributed by atoms with Gasteiger partial charge in [0.05, 0.1) is 5.69 Å². The van der Waals surface area contributed by atoms with E-state index in [1.165, 1.54) is 0 Å². The van der Waals surface area contributed by atoms with Crippen molar-refractivity contribution in [1.82, 2.24) is 4.72 Å². The number of benzene rings is 1. The van der Waals surface area contributed by atoms with Crippen molar-refractivity contribution in [1.29, 1.82) is 0 Å². The normalized spacial score (nSPS) is 17.3.